The van der Waals surface area contributed by atoms with Crippen LogP contribution in [0.2, 0.25) is 0 Å². The summed E-state index contributed by atoms with van der Waals surface area (Å²) in [6, 6.07) is 15.0. The molecule has 5 aromatic rings. The van der Waals surface area contributed by atoms with E-state index in [1.165, 1.54) is 36.4 Å². The van der Waals surface area contributed by atoms with Gasteiger partial charge in [0.15, 0.2) is 0 Å². The van der Waals surface area contributed by atoms with E-state index < -0.39 is 43.6 Å². The second-order valence-corrected chi connectivity index (χ2v) is 7.97. The summed E-state index contributed by atoms with van der Waals surface area (Å²) in [5.41, 5.74) is 2.44. The number of ether oxygens (including phenoxy) is 1. The molecule has 3 aromatic carbocycles. The number of hydrogen-bond acceptors (Lipinski definition) is 3. The van der Waals surface area contributed by atoms with Crippen molar-refractivity contribution in [3.8, 4) is 16.8 Å². The van der Waals surface area contributed by atoms with Crippen molar-refractivity contribution in [1.29, 1.82) is 0 Å². The number of carbonyl (C=O) groups is 1. The Hall–Kier alpha value is -3.97. The Morgan fingerprint density at radius 3 is 2.59 bits per heavy atom. The van der Waals surface area contributed by atoms with Gasteiger partial charge in [0.2, 0.25) is 0 Å². The maximum atomic E-state index is 14.0. The lowest BCUT2D eigenvalue weighted by atomic mass is 9.89. The van der Waals surface area contributed by atoms with Gasteiger partial charge < -0.3 is 14.4 Å². The van der Waals surface area contributed by atoms with E-state index >= 15 is 0 Å². The minimum atomic E-state index is -2.50. The highest BCUT2D eigenvalue weighted by Crippen LogP contribution is 2.44. The molecule has 0 spiro atoms. The van der Waals surface area contributed by atoms with Gasteiger partial charge in [-0.1, -0.05) is 12.1 Å². The number of benzene rings is 3. The smallest absolute Gasteiger partial charge is 0.335 e. The Bertz CT molecular complexity index is 1730. The number of fused-ring (bicyclic) bond motifs is 2. The Morgan fingerprint density at radius 1 is 1.15 bits per heavy atom. The largest absolute Gasteiger partial charge is 0.478 e. The van der Waals surface area contributed by atoms with Gasteiger partial charge in [0.1, 0.15) is 5.82 Å². The van der Waals surface area contributed by atoms with Crippen LogP contribution in [0.5, 0.6) is 0 Å². The minimum absolute atomic E-state index is 0.00564. The lowest BCUT2D eigenvalue weighted by Gasteiger charge is -2.26. The summed E-state index contributed by atoms with van der Waals surface area (Å²) in [4.78, 5) is 11.5. The summed E-state index contributed by atoms with van der Waals surface area (Å²) < 4.78 is 65.9. The van der Waals surface area contributed by atoms with Crippen molar-refractivity contribution in [2.45, 2.75) is 18.6 Å². The molecule has 6 nitrogen and oxygen atoms in total. The van der Waals surface area contributed by atoms with E-state index in [-0.39, 0.29) is 11.3 Å². The topological polar surface area (TPSA) is 80.1 Å². The van der Waals surface area contributed by atoms with Gasteiger partial charge in [-0.2, -0.15) is 5.10 Å². The van der Waals surface area contributed by atoms with Crippen LogP contribution in [0.1, 0.15) is 41.5 Å². The molecule has 1 saturated heterocycles. The normalized spacial score (nSPS) is 20.8. The summed E-state index contributed by atoms with van der Waals surface area (Å²) in [7, 11) is 0. The Labute approximate surface area is 201 Å². The quantitative estimate of drug-likeness (QED) is 0.350. The molecule has 1 aliphatic heterocycles. The molecule has 0 bridgehead atoms. The Kier molecular flexibility index (Phi) is 3.77. The van der Waals surface area contributed by atoms with Gasteiger partial charge in [0.25, 0.3) is 0 Å². The van der Waals surface area contributed by atoms with Crippen molar-refractivity contribution in [3.05, 3.63) is 83.9 Å². The molecule has 0 amide bonds. The fourth-order valence-electron chi connectivity index (χ4n) is 4.42. The average Bonchev–Trinajstić information content (AvgIpc) is 3.48. The lowest BCUT2D eigenvalue weighted by molar-refractivity contribution is 0.0697. The zero-order valence-corrected chi connectivity index (χ0v) is 17.8. The first-order valence-electron chi connectivity index (χ1n) is 13.1. The van der Waals surface area contributed by atoms with Gasteiger partial charge >= 0.3 is 5.97 Å². The molecule has 34 heavy (non-hydrogen) atoms. The number of halogens is 1. The first-order valence-corrected chi connectivity index (χ1v) is 10.6. The van der Waals surface area contributed by atoms with E-state index in [9.17, 15) is 15.7 Å². The molecule has 3 heterocycles. The number of nitrogens with one attached hydrogen (secondary N) is 1. The number of aromatic amines is 1. The van der Waals surface area contributed by atoms with Gasteiger partial charge in [0.05, 0.1) is 22.8 Å². The average molecular weight is 461 g/mol. The summed E-state index contributed by atoms with van der Waals surface area (Å²) in [6.07, 6.45) is -3.36. The van der Waals surface area contributed by atoms with Crippen LogP contribution >= 0.6 is 0 Å². The molecule has 0 radical (unpaired) electrons. The van der Waals surface area contributed by atoms with Crippen molar-refractivity contribution in [1.82, 2.24) is 14.8 Å². The molecule has 2 aromatic heterocycles. The van der Waals surface area contributed by atoms with E-state index in [0.29, 0.717) is 33.2 Å². The molecule has 1 fully saturated rings. The van der Waals surface area contributed by atoms with Crippen LogP contribution in [-0.2, 0) is 4.74 Å². The molecule has 0 aliphatic carbocycles. The molecule has 0 saturated carbocycles. The van der Waals surface area contributed by atoms with E-state index in [0.717, 1.165) is 5.39 Å². The van der Waals surface area contributed by atoms with Crippen molar-refractivity contribution in [2.24, 2.45) is 0 Å². The number of carboxylic acid groups (broad SMARTS) is 1. The predicted octanol–water partition coefficient (Wildman–Crippen LogP) is 5.91. The Balaban J connectivity index is 1.82. The second-order valence-electron chi connectivity index (χ2n) is 7.97. The monoisotopic (exact) mass is 460 g/mol. The number of rotatable bonds is 4. The summed E-state index contributed by atoms with van der Waals surface area (Å²) in [5, 5.41) is 17.7. The fourth-order valence-corrected chi connectivity index (χ4v) is 4.42. The molecule has 7 heteroatoms. The van der Waals surface area contributed by atoms with Crippen LogP contribution in [0.3, 0.4) is 0 Å². The summed E-state index contributed by atoms with van der Waals surface area (Å²) in [6.45, 7) is -1.02. The maximum Gasteiger partial charge on any atom is 0.335 e. The SMILES string of the molecule is [2H]C1([2H])COCC([2H])([2H])C1([2H])c1c(-c2ccc(C(=O)O)cc2)c2cc3[nH]ncc3cc2n1-c1ccc(F)cc1. The van der Waals surface area contributed by atoms with Crippen LogP contribution < -0.4 is 0 Å². The number of nitrogens with zero attached hydrogens (tertiary/aromatic N) is 2. The highest BCUT2D eigenvalue weighted by molar-refractivity contribution is 6.06. The van der Waals surface area contributed by atoms with Gasteiger partial charge in [-0.3, -0.25) is 5.10 Å². The highest BCUT2D eigenvalue weighted by atomic mass is 19.1. The van der Waals surface area contributed by atoms with E-state index in [1.54, 1.807) is 35.0 Å². The van der Waals surface area contributed by atoms with Gasteiger partial charge in [-0.15, -0.1) is 0 Å². The second kappa shape index (κ2) is 8.11. The fraction of sp³-hybridized carbons (Fsp3) is 0.185. The van der Waals surface area contributed by atoms with Gasteiger partial charge in [-0.25, -0.2) is 9.18 Å². The van der Waals surface area contributed by atoms with Crippen molar-refractivity contribution < 1.29 is 25.9 Å². The van der Waals surface area contributed by atoms with Crippen LogP contribution in [0, 0.1) is 5.82 Å². The Morgan fingerprint density at radius 2 is 1.88 bits per heavy atom. The zero-order valence-electron chi connectivity index (χ0n) is 22.8. The third-order valence-corrected chi connectivity index (χ3v) is 5.97. The van der Waals surface area contributed by atoms with Crippen molar-refractivity contribution in [3.63, 3.8) is 0 Å². The first kappa shape index (κ1) is 15.8. The number of aromatic carboxylic acids is 1. The van der Waals surface area contributed by atoms with Gasteiger partial charge in [-0.05, 0) is 66.8 Å². The molecule has 1 aliphatic rings. The highest BCUT2D eigenvalue weighted by Gasteiger charge is 2.28. The summed E-state index contributed by atoms with van der Waals surface area (Å²) >= 11 is 0. The molecule has 0 unspecified atom stereocenters. The zero-order chi connectivity index (χ0) is 27.7. The molecule has 170 valence electrons. The lowest BCUT2D eigenvalue weighted by Crippen LogP contribution is -2.17. The standard InChI is InChI=1S/C27H22FN3O3/c28-20-5-7-21(8-6-20)31-24-13-19-15-29-30-23(19)14-22(24)25(26(31)17-9-11-34-12-10-17)16-1-3-18(4-2-16)27(32)33/h1-8,13-15,17H,9-12H2,(H,29,30)(H,32,33)/i9D2,10D2,17D. The molecule has 0 atom stereocenters. The summed E-state index contributed by atoms with van der Waals surface area (Å²) in [5.74, 6) is -4.11. The molecular formula is C27H22FN3O3. The van der Waals surface area contributed by atoms with Gasteiger partial charge in [0, 0.05) is 53.7 Å². The van der Waals surface area contributed by atoms with Crippen LogP contribution in [-0.4, -0.2) is 39.1 Å². The van der Waals surface area contributed by atoms with Crippen LogP contribution in [0.15, 0.2) is 66.9 Å². The molecular weight excluding hydrogens is 433 g/mol. The van der Waals surface area contributed by atoms with Crippen LogP contribution in [0.4, 0.5) is 4.39 Å². The number of H-pyrrole nitrogens is 1. The minimum Gasteiger partial charge on any atom is -0.478 e. The first-order chi connectivity index (χ1) is 18.4. The number of carboxylic acids is 1. The van der Waals surface area contributed by atoms with E-state index in [2.05, 4.69) is 10.2 Å². The predicted molar refractivity (Wildman–Crippen MR) is 128 cm³/mol. The van der Waals surface area contributed by atoms with Crippen molar-refractivity contribution >= 4 is 27.8 Å². The number of aromatic nitrogens is 3. The third kappa shape index (κ3) is 3.36. The third-order valence-electron chi connectivity index (χ3n) is 5.97. The molecule has 2 N–H and O–H groups in total. The molecule has 6 rings (SSSR count). The van der Waals surface area contributed by atoms with Crippen molar-refractivity contribution in [2.75, 3.05) is 13.2 Å². The van der Waals surface area contributed by atoms with Crippen LogP contribution in [0.25, 0.3) is 38.6 Å². The van der Waals surface area contributed by atoms with E-state index in [1.807, 2.05) is 0 Å². The maximum absolute atomic E-state index is 14.0. The number of hydrogen-bond donors (Lipinski definition) is 2. The van der Waals surface area contributed by atoms with E-state index in [4.69, 9.17) is 10.2 Å².